The lowest BCUT2D eigenvalue weighted by atomic mass is 9.89. The molecule has 2 nitrogen and oxygen atoms in total. The van der Waals surface area contributed by atoms with Crippen LogP contribution in [-0.2, 0) is 6.42 Å². The van der Waals surface area contributed by atoms with E-state index in [1.807, 2.05) is 12.1 Å². The first kappa shape index (κ1) is 14.9. The maximum atomic E-state index is 11.5. The average Bonchev–Trinajstić information content (AvgIpc) is 2.67. The van der Waals surface area contributed by atoms with Gasteiger partial charge in [-0.05, 0) is 55.9 Å². The number of carbonyl (C=O) groups is 1. The summed E-state index contributed by atoms with van der Waals surface area (Å²) in [6.07, 6.45) is 0.608. The standard InChI is InChI=1S/C24H16O2/c25-24(26)21-7-2-1-4-18(21)14-19-11-10-17-9-8-15-5-3-6-16-12-13-20(19)23(17)22(15)16/h1-13H,14H2,(H,25,26). The van der Waals surface area contributed by atoms with E-state index >= 15 is 0 Å². The zero-order valence-electron chi connectivity index (χ0n) is 14.1. The van der Waals surface area contributed by atoms with Gasteiger partial charge in [-0.1, -0.05) is 72.8 Å². The van der Waals surface area contributed by atoms with Gasteiger partial charge >= 0.3 is 5.97 Å². The fourth-order valence-corrected chi connectivity index (χ4v) is 4.04. The van der Waals surface area contributed by atoms with Gasteiger partial charge in [0.2, 0.25) is 0 Å². The number of carboxylic acids is 1. The molecule has 0 unspecified atom stereocenters. The van der Waals surface area contributed by atoms with Gasteiger partial charge in [-0.2, -0.15) is 0 Å². The highest BCUT2D eigenvalue weighted by Gasteiger charge is 2.14. The molecule has 0 aliphatic heterocycles. The number of carboxylic acid groups (broad SMARTS) is 1. The third-order valence-corrected chi connectivity index (χ3v) is 5.25. The molecule has 1 N–H and O–H groups in total. The molecule has 5 aromatic rings. The first-order valence-electron chi connectivity index (χ1n) is 8.69. The van der Waals surface area contributed by atoms with Crippen molar-refractivity contribution < 1.29 is 9.90 Å². The Hall–Kier alpha value is -3.39. The highest BCUT2D eigenvalue weighted by Crippen LogP contribution is 2.36. The van der Waals surface area contributed by atoms with Crippen molar-refractivity contribution in [3.63, 3.8) is 0 Å². The number of aromatic carboxylic acids is 1. The topological polar surface area (TPSA) is 37.3 Å². The third kappa shape index (κ3) is 2.16. The minimum absolute atomic E-state index is 0.373. The molecular formula is C24H16O2. The van der Waals surface area contributed by atoms with Crippen LogP contribution in [0.15, 0.2) is 78.9 Å². The third-order valence-electron chi connectivity index (χ3n) is 5.25. The molecule has 0 bridgehead atoms. The van der Waals surface area contributed by atoms with Gasteiger partial charge in [0.1, 0.15) is 0 Å². The van der Waals surface area contributed by atoms with E-state index in [2.05, 4.69) is 54.6 Å². The van der Waals surface area contributed by atoms with Crippen LogP contribution >= 0.6 is 0 Å². The SMILES string of the molecule is O=C(O)c1ccccc1Cc1ccc2ccc3cccc4ccc1c2c34. The lowest BCUT2D eigenvalue weighted by molar-refractivity contribution is 0.0696. The van der Waals surface area contributed by atoms with E-state index in [-0.39, 0.29) is 0 Å². The predicted molar refractivity (Wildman–Crippen MR) is 106 cm³/mol. The molecular weight excluding hydrogens is 320 g/mol. The maximum Gasteiger partial charge on any atom is 0.335 e. The minimum Gasteiger partial charge on any atom is -0.478 e. The Balaban J connectivity index is 1.78. The van der Waals surface area contributed by atoms with Gasteiger partial charge in [-0.3, -0.25) is 0 Å². The Morgan fingerprint density at radius 2 is 1.31 bits per heavy atom. The monoisotopic (exact) mass is 336 g/mol. The largest absolute Gasteiger partial charge is 0.478 e. The molecule has 0 spiro atoms. The van der Waals surface area contributed by atoms with Crippen molar-refractivity contribution in [1.82, 2.24) is 0 Å². The van der Waals surface area contributed by atoms with E-state index in [0.29, 0.717) is 12.0 Å². The van der Waals surface area contributed by atoms with Crippen LogP contribution < -0.4 is 0 Å². The lowest BCUT2D eigenvalue weighted by Gasteiger charge is -2.14. The quantitative estimate of drug-likeness (QED) is 0.418. The number of hydrogen-bond donors (Lipinski definition) is 1. The molecule has 5 aromatic carbocycles. The van der Waals surface area contributed by atoms with Crippen LogP contribution in [0.25, 0.3) is 32.3 Å². The smallest absolute Gasteiger partial charge is 0.335 e. The van der Waals surface area contributed by atoms with E-state index in [0.717, 1.165) is 11.1 Å². The van der Waals surface area contributed by atoms with Gasteiger partial charge in [0, 0.05) is 0 Å². The van der Waals surface area contributed by atoms with Gasteiger partial charge in [0.05, 0.1) is 5.56 Å². The zero-order chi connectivity index (χ0) is 17.7. The van der Waals surface area contributed by atoms with Crippen LogP contribution in [0.4, 0.5) is 0 Å². The summed E-state index contributed by atoms with van der Waals surface area (Å²) in [4.78, 5) is 11.5. The molecule has 0 radical (unpaired) electrons. The normalized spacial score (nSPS) is 11.5. The van der Waals surface area contributed by atoms with Gasteiger partial charge in [0.25, 0.3) is 0 Å². The molecule has 0 saturated heterocycles. The van der Waals surface area contributed by atoms with Crippen LogP contribution in [0.2, 0.25) is 0 Å². The molecule has 124 valence electrons. The Bertz CT molecular complexity index is 1270. The molecule has 5 rings (SSSR count). The second-order valence-corrected chi connectivity index (χ2v) is 6.72. The average molecular weight is 336 g/mol. The highest BCUT2D eigenvalue weighted by atomic mass is 16.4. The fraction of sp³-hybridized carbons (Fsp3) is 0.0417. The fourth-order valence-electron chi connectivity index (χ4n) is 4.04. The van der Waals surface area contributed by atoms with Gasteiger partial charge in [-0.25, -0.2) is 4.79 Å². The first-order chi connectivity index (χ1) is 12.7. The summed E-state index contributed by atoms with van der Waals surface area (Å²) in [5, 5.41) is 16.9. The summed E-state index contributed by atoms with van der Waals surface area (Å²) in [5.74, 6) is -0.877. The van der Waals surface area contributed by atoms with E-state index in [1.165, 1.54) is 32.3 Å². The molecule has 0 amide bonds. The molecule has 2 heteroatoms. The Kier molecular flexibility index (Phi) is 3.19. The minimum atomic E-state index is -0.877. The van der Waals surface area contributed by atoms with Crippen molar-refractivity contribution in [3.8, 4) is 0 Å². The van der Waals surface area contributed by atoms with Crippen LogP contribution in [0.3, 0.4) is 0 Å². The Labute approximate surface area is 150 Å². The summed E-state index contributed by atoms with van der Waals surface area (Å²) in [5.41, 5.74) is 2.37. The predicted octanol–water partition coefficient (Wildman–Crippen LogP) is 5.87. The van der Waals surface area contributed by atoms with Crippen molar-refractivity contribution in [2.24, 2.45) is 0 Å². The van der Waals surface area contributed by atoms with Crippen molar-refractivity contribution >= 4 is 38.3 Å². The summed E-state index contributed by atoms with van der Waals surface area (Å²) in [7, 11) is 0. The summed E-state index contributed by atoms with van der Waals surface area (Å²) >= 11 is 0. The second kappa shape index (κ2) is 5.57. The van der Waals surface area contributed by atoms with Crippen LogP contribution in [0.5, 0.6) is 0 Å². The van der Waals surface area contributed by atoms with Crippen LogP contribution in [-0.4, -0.2) is 11.1 Å². The summed E-state index contributed by atoms with van der Waals surface area (Å²) in [6, 6.07) is 26.6. The lowest BCUT2D eigenvalue weighted by Crippen LogP contribution is -2.03. The molecule has 0 fully saturated rings. The molecule has 0 aliphatic carbocycles. The first-order valence-corrected chi connectivity index (χ1v) is 8.69. The molecule has 0 atom stereocenters. The zero-order valence-corrected chi connectivity index (χ0v) is 14.1. The van der Waals surface area contributed by atoms with Gasteiger partial charge in [-0.15, -0.1) is 0 Å². The van der Waals surface area contributed by atoms with Crippen molar-refractivity contribution in [2.75, 3.05) is 0 Å². The number of hydrogen-bond acceptors (Lipinski definition) is 1. The Morgan fingerprint density at radius 1 is 0.654 bits per heavy atom. The van der Waals surface area contributed by atoms with E-state index in [4.69, 9.17) is 0 Å². The number of benzene rings is 5. The number of rotatable bonds is 3. The second-order valence-electron chi connectivity index (χ2n) is 6.72. The van der Waals surface area contributed by atoms with E-state index in [1.54, 1.807) is 12.1 Å². The van der Waals surface area contributed by atoms with Crippen molar-refractivity contribution in [1.29, 1.82) is 0 Å². The van der Waals surface area contributed by atoms with E-state index < -0.39 is 5.97 Å². The van der Waals surface area contributed by atoms with Crippen molar-refractivity contribution in [3.05, 3.63) is 95.6 Å². The van der Waals surface area contributed by atoms with Gasteiger partial charge in [0.15, 0.2) is 0 Å². The van der Waals surface area contributed by atoms with Crippen LogP contribution in [0.1, 0.15) is 21.5 Å². The molecule has 26 heavy (non-hydrogen) atoms. The molecule has 0 aromatic heterocycles. The van der Waals surface area contributed by atoms with Gasteiger partial charge < -0.3 is 5.11 Å². The Morgan fingerprint density at radius 3 is 2.08 bits per heavy atom. The molecule has 0 saturated carbocycles. The van der Waals surface area contributed by atoms with Crippen LogP contribution in [0, 0.1) is 0 Å². The summed E-state index contributed by atoms with van der Waals surface area (Å²) < 4.78 is 0. The molecule has 0 aliphatic rings. The molecule has 0 heterocycles. The van der Waals surface area contributed by atoms with Crippen molar-refractivity contribution in [2.45, 2.75) is 6.42 Å². The highest BCUT2D eigenvalue weighted by molar-refractivity contribution is 6.23. The maximum absolute atomic E-state index is 11.5. The van der Waals surface area contributed by atoms with E-state index in [9.17, 15) is 9.90 Å². The summed E-state index contributed by atoms with van der Waals surface area (Å²) in [6.45, 7) is 0.